The molecule has 1 aliphatic heterocycles. The average Bonchev–Trinajstić information content (AvgIpc) is 3.02. The maximum atomic E-state index is 12.6. The minimum absolute atomic E-state index is 0.0517. The fraction of sp³-hybridized carbons (Fsp3) is 0.300. The molecule has 0 radical (unpaired) electrons. The Morgan fingerprint density at radius 2 is 1.92 bits per heavy atom. The Kier molecular flexibility index (Phi) is 5.41. The number of carboxylic acid groups (broad SMARTS) is 1. The van der Waals surface area contributed by atoms with Crippen molar-refractivity contribution >= 4 is 17.7 Å². The van der Waals surface area contributed by atoms with Crippen LogP contribution in [-0.4, -0.2) is 29.7 Å². The number of amides is 2. The van der Waals surface area contributed by atoms with Crippen molar-refractivity contribution in [3.8, 4) is 5.75 Å². The number of hydrogen-bond donors (Lipinski definition) is 2. The predicted octanol–water partition coefficient (Wildman–Crippen LogP) is 3.27. The van der Waals surface area contributed by atoms with Crippen LogP contribution in [0.4, 0.5) is 10.5 Å². The molecule has 2 N–H and O–H groups in total. The summed E-state index contributed by atoms with van der Waals surface area (Å²) < 4.78 is 5.76. The van der Waals surface area contributed by atoms with Gasteiger partial charge in [-0.25, -0.2) is 4.79 Å². The molecule has 2 aromatic carbocycles. The molecule has 1 saturated heterocycles. The van der Waals surface area contributed by atoms with Gasteiger partial charge in [-0.05, 0) is 43.2 Å². The molecule has 2 amide bonds. The van der Waals surface area contributed by atoms with Crippen LogP contribution in [0.1, 0.15) is 18.9 Å². The van der Waals surface area contributed by atoms with Crippen molar-refractivity contribution in [3.63, 3.8) is 0 Å². The topological polar surface area (TPSA) is 78.9 Å². The highest BCUT2D eigenvalue weighted by Crippen LogP contribution is 2.28. The second kappa shape index (κ2) is 7.91. The minimum atomic E-state index is -1.11. The van der Waals surface area contributed by atoms with Crippen LogP contribution in [0.2, 0.25) is 0 Å². The Morgan fingerprint density at radius 3 is 2.58 bits per heavy atom. The highest BCUT2D eigenvalue weighted by molar-refractivity contribution is 5.97. The average molecular weight is 354 g/mol. The molecule has 1 aliphatic rings. The third-order valence-corrected chi connectivity index (χ3v) is 4.60. The largest absolute Gasteiger partial charge is 0.489 e. The molecule has 2 atom stereocenters. The Morgan fingerprint density at radius 1 is 1.23 bits per heavy atom. The van der Waals surface area contributed by atoms with Crippen LogP contribution in [0.15, 0.2) is 54.6 Å². The molecule has 136 valence electrons. The van der Waals surface area contributed by atoms with Gasteiger partial charge in [-0.15, -0.1) is 0 Å². The van der Waals surface area contributed by atoms with Gasteiger partial charge in [0.1, 0.15) is 12.4 Å². The highest BCUT2D eigenvalue weighted by atomic mass is 16.5. The van der Waals surface area contributed by atoms with E-state index in [0.29, 0.717) is 19.6 Å². The zero-order chi connectivity index (χ0) is 18.5. The highest BCUT2D eigenvalue weighted by Gasteiger charge is 2.36. The molecule has 0 spiro atoms. The van der Waals surface area contributed by atoms with Crippen molar-refractivity contribution in [2.45, 2.75) is 26.0 Å². The summed E-state index contributed by atoms with van der Waals surface area (Å²) in [7, 11) is 0. The molecule has 0 aliphatic carbocycles. The van der Waals surface area contributed by atoms with Crippen LogP contribution in [0.3, 0.4) is 0 Å². The lowest BCUT2D eigenvalue weighted by atomic mass is 10.00. The Labute approximate surface area is 152 Å². The fourth-order valence-electron chi connectivity index (χ4n) is 3.18. The van der Waals surface area contributed by atoms with Gasteiger partial charge in [0.15, 0.2) is 0 Å². The number of hydrogen-bond acceptors (Lipinski definition) is 3. The number of carbonyl (C=O) groups is 2. The van der Waals surface area contributed by atoms with E-state index in [-0.39, 0.29) is 11.8 Å². The Bertz CT molecular complexity index is 761. The van der Waals surface area contributed by atoms with Gasteiger partial charge in [0.05, 0.1) is 5.92 Å². The molecule has 1 heterocycles. The van der Waals surface area contributed by atoms with Crippen molar-refractivity contribution in [2.24, 2.45) is 5.92 Å². The molecule has 3 rings (SSSR count). The number of ether oxygens (including phenoxy) is 1. The van der Waals surface area contributed by atoms with E-state index in [0.717, 1.165) is 17.0 Å². The lowest BCUT2D eigenvalue weighted by Gasteiger charge is -2.20. The van der Waals surface area contributed by atoms with Gasteiger partial charge < -0.3 is 20.1 Å². The first kappa shape index (κ1) is 17.8. The SMILES string of the molecule is C[C@H](NC(=O)O)[C@H]1CCN(c2ccc(OCc3ccccc3)cc2)C1=O. The van der Waals surface area contributed by atoms with Gasteiger partial charge in [-0.1, -0.05) is 30.3 Å². The van der Waals surface area contributed by atoms with Crippen LogP contribution < -0.4 is 15.0 Å². The Hall–Kier alpha value is -3.02. The molecule has 26 heavy (non-hydrogen) atoms. The van der Waals surface area contributed by atoms with Gasteiger partial charge in [-0.3, -0.25) is 4.79 Å². The second-order valence-corrected chi connectivity index (χ2v) is 6.39. The number of nitrogens with zero attached hydrogens (tertiary/aromatic N) is 1. The van der Waals surface area contributed by atoms with Gasteiger partial charge in [-0.2, -0.15) is 0 Å². The molecular formula is C20H22N2O4. The molecule has 0 unspecified atom stereocenters. The molecule has 2 aromatic rings. The lowest BCUT2D eigenvalue weighted by molar-refractivity contribution is -0.120. The Balaban J connectivity index is 1.60. The quantitative estimate of drug-likeness (QED) is 0.834. The molecule has 0 aromatic heterocycles. The van der Waals surface area contributed by atoms with E-state index in [1.165, 1.54) is 0 Å². The summed E-state index contributed by atoms with van der Waals surface area (Å²) in [6.07, 6.45) is -0.476. The summed E-state index contributed by atoms with van der Waals surface area (Å²) in [6.45, 7) is 2.79. The fourth-order valence-corrected chi connectivity index (χ4v) is 3.18. The molecule has 6 nitrogen and oxygen atoms in total. The van der Waals surface area contributed by atoms with E-state index in [4.69, 9.17) is 9.84 Å². The van der Waals surface area contributed by atoms with Gasteiger partial charge in [0.2, 0.25) is 5.91 Å². The summed E-state index contributed by atoms with van der Waals surface area (Å²) in [6, 6.07) is 16.9. The first-order valence-electron chi connectivity index (χ1n) is 8.62. The maximum Gasteiger partial charge on any atom is 0.404 e. The lowest BCUT2D eigenvalue weighted by Crippen LogP contribution is -2.41. The second-order valence-electron chi connectivity index (χ2n) is 6.39. The summed E-state index contributed by atoms with van der Waals surface area (Å²) in [4.78, 5) is 25.1. The summed E-state index contributed by atoms with van der Waals surface area (Å²) in [5.74, 6) is 0.353. The van der Waals surface area contributed by atoms with E-state index >= 15 is 0 Å². The number of benzene rings is 2. The first-order valence-corrected chi connectivity index (χ1v) is 8.62. The van der Waals surface area contributed by atoms with Gasteiger partial charge in [0.25, 0.3) is 0 Å². The molecule has 0 saturated carbocycles. The first-order chi connectivity index (χ1) is 12.5. The van der Waals surface area contributed by atoms with Gasteiger partial charge >= 0.3 is 6.09 Å². The summed E-state index contributed by atoms with van der Waals surface area (Å²) in [5.41, 5.74) is 1.89. The van der Waals surface area contributed by atoms with E-state index in [2.05, 4.69) is 5.32 Å². The number of nitrogens with one attached hydrogen (secondary N) is 1. The van der Waals surface area contributed by atoms with Gasteiger partial charge in [0, 0.05) is 18.3 Å². The smallest absolute Gasteiger partial charge is 0.404 e. The van der Waals surface area contributed by atoms with Crippen molar-refractivity contribution < 1.29 is 19.4 Å². The van der Waals surface area contributed by atoms with Crippen molar-refractivity contribution in [1.29, 1.82) is 0 Å². The predicted molar refractivity (Wildman–Crippen MR) is 98.3 cm³/mol. The van der Waals surface area contributed by atoms with Crippen molar-refractivity contribution in [1.82, 2.24) is 5.32 Å². The standard InChI is InChI=1S/C20H22N2O4/c1-14(21-20(24)25)18-11-12-22(19(18)23)16-7-9-17(10-8-16)26-13-15-5-3-2-4-6-15/h2-10,14,18,21H,11-13H2,1H3,(H,24,25)/t14-,18+/m0/s1. The van der Waals surface area contributed by atoms with E-state index < -0.39 is 12.1 Å². The van der Waals surface area contributed by atoms with E-state index in [1.807, 2.05) is 54.6 Å². The van der Waals surface area contributed by atoms with Crippen molar-refractivity contribution in [3.05, 3.63) is 60.2 Å². The third kappa shape index (κ3) is 4.14. The van der Waals surface area contributed by atoms with Crippen LogP contribution in [-0.2, 0) is 11.4 Å². The molecule has 6 heteroatoms. The number of anilines is 1. The van der Waals surface area contributed by atoms with E-state index in [9.17, 15) is 9.59 Å². The van der Waals surface area contributed by atoms with Crippen LogP contribution in [0, 0.1) is 5.92 Å². The van der Waals surface area contributed by atoms with Crippen LogP contribution in [0.5, 0.6) is 5.75 Å². The maximum absolute atomic E-state index is 12.6. The number of carbonyl (C=O) groups excluding carboxylic acids is 1. The summed E-state index contributed by atoms with van der Waals surface area (Å²) in [5, 5.41) is 11.2. The monoisotopic (exact) mass is 354 g/mol. The third-order valence-electron chi connectivity index (χ3n) is 4.60. The molecule has 0 bridgehead atoms. The summed E-state index contributed by atoms with van der Waals surface area (Å²) >= 11 is 0. The van der Waals surface area contributed by atoms with E-state index in [1.54, 1.807) is 11.8 Å². The minimum Gasteiger partial charge on any atom is -0.489 e. The zero-order valence-electron chi connectivity index (χ0n) is 14.6. The molecular weight excluding hydrogens is 332 g/mol. The van der Waals surface area contributed by atoms with Crippen LogP contribution >= 0.6 is 0 Å². The zero-order valence-corrected chi connectivity index (χ0v) is 14.6. The van der Waals surface area contributed by atoms with Crippen molar-refractivity contribution in [2.75, 3.05) is 11.4 Å². The number of rotatable bonds is 6. The normalized spacial score (nSPS) is 17.8. The molecule has 1 fully saturated rings. The van der Waals surface area contributed by atoms with Crippen LogP contribution in [0.25, 0.3) is 0 Å².